The van der Waals surface area contributed by atoms with Gasteiger partial charge in [-0.1, -0.05) is 11.3 Å². The average Bonchev–Trinajstić information content (AvgIpc) is 2.76. The molecule has 2 aliphatic heterocycles. The summed E-state index contributed by atoms with van der Waals surface area (Å²) in [5, 5.41) is 12.6. The Bertz CT molecular complexity index is 397. The molecule has 0 saturated carbocycles. The quantitative estimate of drug-likeness (QED) is 0.905. The summed E-state index contributed by atoms with van der Waals surface area (Å²) in [6.45, 7) is 5.65. The predicted octanol–water partition coefficient (Wildman–Crippen LogP) is 2.16. The summed E-state index contributed by atoms with van der Waals surface area (Å²) in [5.74, 6) is 0. The van der Waals surface area contributed by atoms with Gasteiger partial charge >= 0.3 is 0 Å². The van der Waals surface area contributed by atoms with Gasteiger partial charge in [0.1, 0.15) is 5.01 Å². The highest BCUT2D eigenvalue weighted by atomic mass is 35.5. The Balaban J connectivity index is 1.63. The van der Waals surface area contributed by atoms with Crippen LogP contribution >= 0.6 is 22.9 Å². The van der Waals surface area contributed by atoms with Crippen molar-refractivity contribution in [2.45, 2.75) is 32.2 Å². The molecule has 1 atom stereocenters. The van der Waals surface area contributed by atoms with Crippen molar-refractivity contribution in [3.8, 4) is 0 Å². The highest BCUT2D eigenvalue weighted by Crippen LogP contribution is 2.36. The van der Waals surface area contributed by atoms with E-state index in [1.807, 2.05) is 0 Å². The van der Waals surface area contributed by atoms with Crippen LogP contribution in [-0.2, 0) is 6.54 Å². The molecule has 4 nitrogen and oxygen atoms in total. The lowest BCUT2D eigenvalue weighted by molar-refractivity contribution is 0.0599. The number of piperidine rings is 2. The summed E-state index contributed by atoms with van der Waals surface area (Å²) in [7, 11) is 0. The molecule has 2 saturated heterocycles. The van der Waals surface area contributed by atoms with Crippen molar-refractivity contribution in [2.24, 2.45) is 5.41 Å². The number of halogens is 1. The molecule has 3 rings (SSSR count). The van der Waals surface area contributed by atoms with Gasteiger partial charge < -0.3 is 5.32 Å². The predicted molar refractivity (Wildman–Crippen MR) is 74.0 cm³/mol. The van der Waals surface area contributed by atoms with Crippen LogP contribution < -0.4 is 5.32 Å². The van der Waals surface area contributed by atoms with Crippen LogP contribution in [-0.4, -0.2) is 41.3 Å². The summed E-state index contributed by atoms with van der Waals surface area (Å²) in [6.07, 6.45) is 5.35. The highest BCUT2D eigenvalue weighted by Gasteiger charge is 2.36. The zero-order valence-electron chi connectivity index (χ0n) is 10.5. The molecule has 0 amide bonds. The first-order valence-corrected chi connectivity index (χ1v) is 7.86. The Labute approximate surface area is 117 Å². The second kappa shape index (κ2) is 5.41. The van der Waals surface area contributed by atoms with Gasteiger partial charge in [0, 0.05) is 13.1 Å². The van der Waals surface area contributed by atoms with Gasteiger partial charge in [0.2, 0.25) is 4.47 Å². The molecule has 0 aromatic carbocycles. The maximum absolute atomic E-state index is 5.84. The fourth-order valence-corrected chi connectivity index (χ4v) is 4.22. The van der Waals surface area contributed by atoms with Crippen molar-refractivity contribution >= 4 is 22.9 Å². The Morgan fingerprint density at radius 3 is 2.94 bits per heavy atom. The standard InChI is InChI=1S/C12H19ClN4S/c13-11-16-15-10(18-11)7-17-6-2-4-12(9-17)3-1-5-14-8-12/h14H,1-9H2. The Hall–Kier alpha value is -0.230. The number of nitrogens with one attached hydrogen (secondary N) is 1. The molecule has 3 heterocycles. The number of hydrogen-bond acceptors (Lipinski definition) is 5. The van der Waals surface area contributed by atoms with E-state index in [1.54, 1.807) is 0 Å². The maximum atomic E-state index is 5.84. The summed E-state index contributed by atoms with van der Waals surface area (Å²) < 4.78 is 0.552. The number of aromatic nitrogens is 2. The van der Waals surface area contributed by atoms with Gasteiger partial charge in [0.05, 0.1) is 6.54 Å². The van der Waals surface area contributed by atoms with E-state index in [-0.39, 0.29) is 0 Å². The Morgan fingerprint density at radius 2 is 2.22 bits per heavy atom. The first-order valence-electron chi connectivity index (χ1n) is 6.67. The second-order valence-corrected chi connectivity index (χ2v) is 7.19. The summed E-state index contributed by atoms with van der Waals surface area (Å²) in [6, 6.07) is 0. The normalized spacial score (nSPS) is 29.8. The molecule has 18 heavy (non-hydrogen) atoms. The molecule has 1 unspecified atom stereocenters. The lowest BCUT2D eigenvalue weighted by atomic mass is 9.74. The molecule has 0 bridgehead atoms. The van der Waals surface area contributed by atoms with Gasteiger partial charge in [-0.2, -0.15) is 0 Å². The third kappa shape index (κ3) is 2.85. The van der Waals surface area contributed by atoms with Crippen LogP contribution in [0.3, 0.4) is 0 Å². The van der Waals surface area contributed by atoms with Crippen LogP contribution in [0.5, 0.6) is 0 Å². The second-order valence-electron chi connectivity index (χ2n) is 5.54. The lowest BCUT2D eigenvalue weighted by Crippen LogP contribution is -2.50. The third-order valence-corrected chi connectivity index (χ3v) is 5.11. The minimum absolute atomic E-state index is 0.505. The van der Waals surface area contributed by atoms with Crippen LogP contribution in [0.15, 0.2) is 0 Å². The first kappa shape index (κ1) is 12.8. The zero-order valence-corrected chi connectivity index (χ0v) is 12.1. The number of nitrogens with zero attached hydrogens (tertiary/aromatic N) is 3. The molecular formula is C12H19ClN4S. The van der Waals surface area contributed by atoms with E-state index in [1.165, 1.54) is 63.2 Å². The number of rotatable bonds is 2. The van der Waals surface area contributed by atoms with E-state index in [2.05, 4.69) is 20.4 Å². The third-order valence-electron chi connectivity index (χ3n) is 4.10. The fraction of sp³-hybridized carbons (Fsp3) is 0.833. The van der Waals surface area contributed by atoms with Crippen LogP contribution in [0.1, 0.15) is 30.7 Å². The van der Waals surface area contributed by atoms with Crippen LogP contribution in [0.25, 0.3) is 0 Å². The number of likely N-dealkylation sites (tertiary alicyclic amines) is 1. The van der Waals surface area contributed by atoms with E-state index >= 15 is 0 Å². The molecule has 1 aromatic rings. The lowest BCUT2D eigenvalue weighted by Gasteiger charge is -2.45. The van der Waals surface area contributed by atoms with E-state index in [9.17, 15) is 0 Å². The molecule has 6 heteroatoms. The van der Waals surface area contributed by atoms with Gasteiger partial charge in [-0.15, -0.1) is 10.2 Å². The first-order chi connectivity index (χ1) is 8.76. The minimum Gasteiger partial charge on any atom is -0.316 e. The van der Waals surface area contributed by atoms with Crippen LogP contribution in [0.2, 0.25) is 4.47 Å². The van der Waals surface area contributed by atoms with Crippen molar-refractivity contribution in [1.82, 2.24) is 20.4 Å². The largest absolute Gasteiger partial charge is 0.316 e. The fourth-order valence-electron chi connectivity index (χ4n) is 3.31. The highest BCUT2D eigenvalue weighted by molar-refractivity contribution is 7.15. The smallest absolute Gasteiger partial charge is 0.207 e. The van der Waals surface area contributed by atoms with E-state index in [0.717, 1.165) is 11.6 Å². The van der Waals surface area contributed by atoms with Gasteiger partial charge in [-0.25, -0.2) is 0 Å². The van der Waals surface area contributed by atoms with Gasteiger partial charge in [-0.05, 0) is 55.8 Å². The topological polar surface area (TPSA) is 41.1 Å². The van der Waals surface area contributed by atoms with E-state index in [4.69, 9.17) is 11.6 Å². The molecular weight excluding hydrogens is 268 g/mol. The molecule has 2 fully saturated rings. The van der Waals surface area contributed by atoms with Gasteiger partial charge in [0.25, 0.3) is 0 Å². The zero-order chi connectivity index (χ0) is 12.4. The number of hydrogen-bond donors (Lipinski definition) is 1. The van der Waals surface area contributed by atoms with Gasteiger partial charge in [-0.3, -0.25) is 4.90 Å². The molecule has 2 aliphatic rings. The Kier molecular flexibility index (Phi) is 3.84. The van der Waals surface area contributed by atoms with E-state index in [0.29, 0.717) is 9.88 Å². The average molecular weight is 287 g/mol. The maximum Gasteiger partial charge on any atom is 0.207 e. The van der Waals surface area contributed by atoms with Crippen molar-refractivity contribution in [1.29, 1.82) is 0 Å². The van der Waals surface area contributed by atoms with Crippen LogP contribution in [0.4, 0.5) is 0 Å². The monoisotopic (exact) mass is 286 g/mol. The minimum atomic E-state index is 0.505. The van der Waals surface area contributed by atoms with Crippen molar-refractivity contribution in [3.05, 3.63) is 9.47 Å². The SMILES string of the molecule is Clc1nnc(CN2CCCC3(CCCNC3)C2)s1. The molecule has 1 N–H and O–H groups in total. The molecule has 1 aromatic heterocycles. The van der Waals surface area contributed by atoms with E-state index < -0.39 is 0 Å². The summed E-state index contributed by atoms with van der Waals surface area (Å²) in [4.78, 5) is 2.52. The van der Waals surface area contributed by atoms with Crippen LogP contribution in [0, 0.1) is 5.41 Å². The molecule has 1 spiro atoms. The van der Waals surface area contributed by atoms with Gasteiger partial charge in [0.15, 0.2) is 0 Å². The van der Waals surface area contributed by atoms with Crippen molar-refractivity contribution in [2.75, 3.05) is 26.2 Å². The molecule has 100 valence electrons. The summed E-state index contributed by atoms with van der Waals surface area (Å²) >= 11 is 7.34. The van der Waals surface area contributed by atoms with Crippen molar-refractivity contribution < 1.29 is 0 Å². The summed E-state index contributed by atoms with van der Waals surface area (Å²) in [5.41, 5.74) is 0.505. The Morgan fingerprint density at radius 1 is 1.33 bits per heavy atom. The molecule has 0 radical (unpaired) electrons. The molecule has 0 aliphatic carbocycles. The van der Waals surface area contributed by atoms with Crippen molar-refractivity contribution in [3.63, 3.8) is 0 Å².